The van der Waals surface area contributed by atoms with Gasteiger partial charge < -0.3 is 10.4 Å². The van der Waals surface area contributed by atoms with E-state index in [1.165, 1.54) is 12.5 Å². The van der Waals surface area contributed by atoms with Gasteiger partial charge in [0.1, 0.15) is 11.4 Å². The summed E-state index contributed by atoms with van der Waals surface area (Å²) >= 11 is 0. The number of hydrogen-bond acceptors (Lipinski definition) is 5. The molecule has 8 heteroatoms. The number of anilines is 1. The number of nitrogens with one attached hydrogen (secondary N) is 1. The fourth-order valence-corrected chi connectivity index (χ4v) is 4.10. The standard InChI is InChI=1S/C22H23F3N4O/c1-2-29-11-5-6-15(29)13-26-21-17-8-4-3-7-16(17)20(27-28-21)18-10-9-14(12-19(18)30)22(23,24)25/h3-4,7-10,12,15,30H,2,5-6,11,13H2,1H3,(H,26,28). The summed E-state index contributed by atoms with van der Waals surface area (Å²) in [5.41, 5.74) is -0.346. The van der Waals surface area contributed by atoms with Crippen LogP contribution in [0.4, 0.5) is 19.0 Å². The van der Waals surface area contributed by atoms with Crippen molar-refractivity contribution in [1.82, 2.24) is 15.1 Å². The topological polar surface area (TPSA) is 61.3 Å². The van der Waals surface area contributed by atoms with Crippen LogP contribution in [-0.4, -0.2) is 45.9 Å². The Hall–Kier alpha value is -2.87. The lowest BCUT2D eigenvalue weighted by Crippen LogP contribution is -2.34. The number of halogens is 3. The zero-order valence-corrected chi connectivity index (χ0v) is 16.6. The number of likely N-dealkylation sites (tertiary alicyclic amines) is 1. The molecule has 30 heavy (non-hydrogen) atoms. The molecular weight excluding hydrogens is 393 g/mol. The molecule has 1 fully saturated rings. The van der Waals surface area contributed by atoms with Gasteiger partial charge in [0.05, 0.1) is 5.56 Å². The smallest absolute Gasteiger partial charge is 0.416 e. The Balaban J connectivity index is 1.68. The summed E-state index contributed by atoms with van der Waals surface area (Å²) in [6, 6.07) is 10.8. The molecule has 1 atom stereocenters. The molecule has 4 rings (SSSR count). The van der Waals surface area contributed by atoms with Crippen LogP contribution >= 0.6 is 0 Å². The van der Waals surface area contributed by atoms with E-state index in [1.54, 1.807) is 0 Å². The van der Waals surface area contributed by atoms with Crippen LogP contribution < -0.4 is 5.32 Å². The molecule has 0 saturated carbocycles. The Morgan fingerprint density at radius 1 is 1.13 bits per heavy atom. The van der Waals surface area contributed by atoms with E-state index in [2.05, 4.69) is 27.3 Å². The van der Waals surface area contributed by atoms with Crippen LogP contribution in [0.2, 0.25) is 0 Å². The first-order valence-corrected chi connectivity index (χ1v) is 10.0. The fraction of sp³-hybridized carbons (Fsp3) is 0.364. The minimum Gasteiger partial charge on any atom is -0.507 e. The number of nitrogens with zero attached hydrogens (tertiary/aromatic N) is 3. The van der Waals surface area contributed by atoms with Crippen molar-refractivity contribution in [2.45, 2.75) is 32.0 Å². The van der Waals surface area contributed by atoms with E-state index in [0.29, 0.717) is 22.9 Å². The third kappa shape index (κ3) is 3.92. The Morgan fingerprint density at radius 2 is 1.90 bits per heavy atom. The molecule has 2 heterocycles. The van der Waals surface area contributed by atoms with Gasteiger partial charge in [0.2, 0.25) is 0 Å². The normalized spacial score (nSPS) is 17.5. The SMILES string of the molecule is CCN1CCCC1CNc1nnc(-c2ccc(C(F)(F)F)cc2O)c2ccccc12. The molecule has 0 radical (unpaired) electrons. The molecule has 1 aromatic heterocycles. The van der Waals surface area contributed by atoms with Crippen molar-refractivity contribution in [3.8, 4) is 17.0 Å². The van der Waals surface area contributed by atoms with E-state index in [9.17, 15) is 18.3 Å². The molecule has 5 nitrogen and oxygen atoms in total. The second-order valence-corrected chi connectivity index (χ2v) is 7.48. The van der Waals surface area contributed by atoms with Crippen molar-refractivity contribution in [2.24, 2.45) is 0 Å². The van der Waals surface area contributed by atoms with Crippen molar-refractivity contribution in [3.63, 3.8) is 0 Å². The maximum Gasteiger partial charge on any atom is 0.416 e. The number of alkyl halides is 3. The number of aromatic nitrogens is 2. The van der Waals surface area contributed by atoms with Gasteiger partial charge in [-0.2, -0.15) is 13.2 Å². The second kappa shape index (κ2) is 8.10. The maximum atomic E-state index is 12.9. The van der Waals surface area contributed by atoms with Crippen LogP contribution in [0.5, 0.6) is 5.75 Å². The predicted molar refractivity (Wildman–Crippen MR) is 110 cm³/mol. The number of rotatable bonds is 5. The Morgan fingerprint density at radius 3 is 2.60 bits per heavy atom. The van der Waals surface area contributed by atoms with Crippen molar-refractivity contribution in [1.29, 1.82) is 0 Å². The highest BCUT2D eigenvalue weighted by molar-refractivity contribution is 6.00. The first kappa shape index (κ1) is 20.4. The van der Waals surface area contributed by atoms with E-state index in [1.807, 2.05) is 24.3 Å². The Labute approximate surface area is 172 Å². The van der Waals surface area contributed by atoms with Gasteiger partial charge in [-0.1, -0.05) is 31.2 Å². The van der Waals surface area contributed by atoms with Gasteiger partial charge in [-0.25, -0.2) is 0 Å². The van der Waals surface area contributed by atoms with E-state index in [4.69, 9.17) is 0 Å². The quantitative estimate of drug-likeness (QED) is 0.618. The summed E-state index contributed by atoms with van der Waals surface area (Å²) in [6.45, 7) is 5.00. The van der Waals surface area contributed by atoms with Crippen LogP contribution in [-0.2, 0) is 6.18 Å². The van der Waals surface area contributed by atoms with Gasteiger partial charge in [-0.05, 0) is 44.1 Å². The lowest BCUT2D eigenvalue weighted by atomic mass is 10.0. The molecule has 0 bridgehead atoms. The highest BCUT2D eigenvalue weighted by Gasteiger charge is 2.31. The minimum absolute atomic E-state index is 0.214. The number of phenolic OH excluding ortho intramolecular Hbond substituents is 1. The number of aromatic hydroxyl groups is 1. The van der Waals surface area contributed by atoms with Crippen molar-refractivity contribution in [2.75, 3.05) is 25.0 Å². The van der Waals surface area contributed by atoms with Crippen LogP contribution in [0.3, 0.4) is 0 Å². The second-order valence-electron chi connectivity index (χ2n) is 7.48. The van der Waals surface area contributed by atoms with Gasteiger partial charge in [-0.15, -0.1) is 10.2 Å². The Bertz CT molecular complexity index is 1050. The molecule has 0 aliphatic carbocycles. The van der Waals surface area contributed by atoms with E-state index in [-0.39, 0.29) is 5.56 Å². The lowest BCUT2D eigenvalue weighted by molar-refractivity contribution is -0.137. The van der Waals surface area contributed by atoms with Gasteiger partial charge >= 0.3 is 6.18 Å². The summed E-state index contributed by atoms with van der Waals surface area (Å²) in [4.78, 5) is 2.43. The molecule has 1 saturated heterocycles. The highest BCUT2D eigenvalue weighted by Crippen LogP contribution is 2.38. The van der Waals surface area contributed by atoms with Crippen LogP contribution in [0.1, 0.15) is 25.3 Å². The number of hydrogen-bond donors (Lipinski definition) is 2. The number of phenols is 1. The molecule has 0 spiro atoms. The highest BCUT2D eigenvalue weighted by atomic mass is 19.4. The molecule has 158 valence electrons. The van der Waals surface area contributed by atoms with Gasteiger partial charge in [0.25, 0.3) is 0 Å². The zero-order chi connectivity index (χ0) is 21.3. The van der Waals surface area contributed by atoms with Gasteiger partial charge in [0.15, 0.2) is 5.82 Å². The summed E-state index contributed by atoms with van der Waals surface area (Å²) in [6.07, 6.45) is -2.22. The number of fused-ring (bicyclic) bond motifs is 1. The van der Waals surface area contributed by atoms with E-state index in [0.717, 1.165) is 43.6 Å². The first-order chi connectivity index (χ1) is 14.4. The molecular formula is C22H23F3N4O. The zero-order valence-electron chi connectivity index (χ0n) is 16.6. The van der Waals surface area contributed by atoms with E-state index >= 15 is 0 Å². The fourth-order valence-electron chi connectivity index (χ4n) is 4.10. The summed E-state index contributed by atoms with van der Waals surface area (Å²) < 4.78 is 38.8. The molecule has 0 amide bonds. The summed E-state index contributed by atoms with van der Waals surface area (Å²) in [5, 5.41) is 23.7. The third-order valence-electron chi connectivity index (χ3n) is 5.68. The molecule has 1 aliphatic heterocycles. The van der Waals surface area contributed by atoms with Crippen molar-refractivity contribution >= 4 is 16.6 Å². The van der Waals surface area contributed by atoms with E-state index < -0.39 is 17.5 Å². The lowest BCUT2D eigenvalue weighted by Gasteiger charge is -2.23. The Kier molecular flexibility index (Phi) is 5.51. The summed E-state index contributed by atoms with van der Waals surface area (Å²) in [5.74, 6) is 0.151. The minimum atomic E-state index is -4.52. The van der Waals surface area contributed by atoms with Gasteiger partial charge in [-0.3, -0.25) is 4.90 Å². The van der Waals surface area contributed by atoms with Crippen LogP contribution in [0, 0.1) is 0 Å². The number of likely N-dealkylation sites (N-methyl/N-ethyl adjacent to an activating group) is 1. The molecule has 3 aromatic rings. The monoisotopic (exact) mass is 416 g/mol. The summed E-state index contributed by atoms with van der Waals surface area (Å²) in [7, 11) is 0. The van der Waals surface area contributed by atoms with Crippen molar-refractivity contribution < 1.29 is 18.3 Å². The molecule has 1 aliphatic rings. The van der Waals surface area contributed by atoms with Gasteiger partial charge in [0, 0.05) is 28.9 Å². The average Bonchev–Trinajstić information content (AvgIpc) is 3.19. The van der Waals surface area contributed by atoms with Crippen LogP contribution in [0.15, 0.2) is 42.5 Å². The average molecular weight is 416 g/mol. The largest absolute Gasteiger partial charge is 0.507 e. The molecule has 1 unspecified atom stereocenters. The third-order valence-corrected chi connectivity index (χ3v) is 5.68. The first-order valence-electron chi connectivity index (χ1n) is 10.0. The molecule has 2 N–H and O–H groups in total. The number of benzene rings is 2. The van der Waals surface area contributed by atoms with Crippen LogP contribution in [0.25, 0.3) is 22.0 Å². The maximum absolute atomic E-state index is 12.9. The van der Waals surface area contributed by atoms with Crippen molar-refractivity contribution in [3.05, 3.63) is 48.0 Å². The molecule has 2 aromatic carbocycles. The predicted octanol–water partition coefficient (Wildman–Crippen LogP) is 4.92.